The molecule has 2 heterocycles. The van der Waals surface area contributed by atoms with Crippen molar-refractivity contribution in [2.75, 3.05) is 19.0 Å². The molecule has 0 aromatic carbocycles. The van der Waals surface area contributed by atoms with Crippen molar-refractivity contribution in [1.29, 1.82) is 0 Å². The highest BCUT2D eigenvalue weighted by atomic mass is 16.5. The summed E-state index contributed by atoms with van der Waals surface area (Å²) in [6.07, 6.45) is 0. The van der Waals surface area contributed by atoms with Crippen molar-refractivity contribution >= 4 is 5.82 Å². The maximum Gasteiger partial charge on any atom is 0.167 e. The Bertz CT molecular complexity index is 522. The molecule has 0 amide bonds. The Balaban J connectivity index is 2.49. The van der Waals surface area contributed by atoms with Crippen LogP contribution >= 0.6 is 0 Å². The van der Waals surface area contributed by atoms with Gasteiger partial charge >= 0.3 is 0 Å². The maximum absolute atomic E-state index is 5.17. The van der Waals surface area contributed by atoms with Gasteiger partial charge in [0.05, 0.1) is 23.6 Å². The number of aryl methyl sites for hydroxylation is 2. The first-order valence-electron chi connectivity index (χ1n) is 6.19. The number of aromatic nitrogens is 3. The fraction of sp³-hybridized carbons (Fsp3) is 0.462. The van der Waals surface area contributed by atoms with Crippen LogP contribution in [0.25, 0.3) is 11.4 Å². The van der Waals surface area contributed by atoms with E-state index in [1.807, 2.05) is 26.8 Å². The van der Waals surface area contributed by atoms with Crippen LogP contribution in [0, 0.1) is 13.8 Å². The van der Waals surface area contributed by atoms with Gasteiger partial charge in [0.2, 0.25) is 0 Å². The highest BCUT2D eigenvalue weighted by Crippen LogP contribution is 2.25. The molecule has 0 fully saturated rings. The van der Waals surface area contributed by atoms with Crippen LogP contribution in [0.15, 0.2) is 10.6 Å². The van der Waals surface area contributed by atoms with Gasteiger partial charge in [-0.05, 0) is 20.8 Å². The van der Waals surface area contributed by atoms with Crippen LogP contribution in [-0.2, 0) is 11.3 Å². The number of hydrogen-bond donors (Lipinski definition) is 1. The van der Waals surface area contributed by atoms with E-state index in [2.05, 4.69) is 20.4 Å². The summed E-state index contributed by atoms with van der Waals surface area (Å²) in [7, 11) is 1.64. The second-order valence-electron chi connectivity index (χ2n) is 4.23. The Hall–Kier alpha value is -1.95. The van der Waals surface area contributed by atoms with Crippen LogP contribution in [0.1, 0.15) is 24.1 Å². The zero-order chi connectivity index (χ0) is 13.8. The number of rotatable bonds is 5. The molecule has 0 unspecified atom stereocenters. The molecular formula is C13H18N4O2. The molecule has 6 nitrogen and oxygen atoms in total. The molecule has 0 aliphatic carbocycles. The first kappa shape index (κ1) is 13.5. The van der Waals surface area contributed by atoms with E-state index in [1.54, 1.807) is 7.11 Å². The number of nitrogens with one attached hydrogen (secondary N) is 1. The van der Waals surface area contributed by atoms with Gasteiger partial charge in [0.25, 0.3) is 0 Å². The van der Waals surface area contributed by atoms with Crippen LogP contribution in [0.4, 0.5) is 5.82 Å². The molecule has 1 N–H and O–H groups in total. The zero-order valence-corrected chi connectivity index (χ0v) is 11.6. The predicted octanol–water partition coefficient (Wildman–Crippen LogP) is 2.33. The molecule has 0 atom stereocenters. The Labute approximate surface area is 112 Å². The van der Waals surface area contributed by atoms with Crippen LogP contribution in [0.5, 0.6) is 0 Å². The van der Waals surface area contributed by atoms with Gasteiger partial charge in [-0.2, -0.15) is 0 Å². The molecule has 0 spiro atoms. The third-order valence-electron chi connectivity index (χ3n) is 2.69. The number of anilines is 1. The van der Waals surface area contributed by atoms with Gasteiger partial charge in [-0.1, -0.05) is 5.16 Å². The van der Waals surface area contributed by atoms with Crippen LogP contribution in [0.2, 0.25) is 0 Å². The van der Waals surface area contributed by atoms with Gasteiger partial charge in [-0.15, -0.1) is 0 Å². The highest BCUT2D eigenvalue weighted by Gasteiger charge is 2.16. The van der Waals surface area contributed by atoms with Crippen molar-refractivity contribution in [2.24, 2.45) is 0 Å². The largest absolute Gasteiger partial charge is 0.378 e. The van der Waals surface area contributed by atoms with Gasteiger partial charge < -0.3 is 14.6 Å². The summed E-state index contributed by atoms with van der Waals surface area (Å²) in [6, 6.07) is 1.88. The SMILES string of the molecule is CCNc1cc(COC)nc(-c2c(C)noc2C)n1. The highest BCUT2D eigenvalue weighted by molar-refractivity contribution is 5.62. The molecule has 0 saturated carbocycles. The van der Waals surface area contributed by atoms with Crippen molar-refractivity contribution in [3.63, 3.8) is 0 Å². The van der Waals surface area contributed by atoms with Crippen molar-refractivity contribution in [3.05, 3.63) is 23.2 Å². The minimum Gasteiger partial charge on any atom is -0.378 e. The summed E-state index contributed by atoms with van der Waals surface area (Å²) in [5.41, 5.74) is 2.45. The topological polar surface area (TPSA) is 73.1 Å². The number of hydrogen-bond acceptors (Lipinski definition) is 6. The van der Waals surface area contributed by atoms with Gasteiger partial charge in [0, 0.05) is 19.7 Å². The maximum atomic E-state index is 5.17. The second kappa shape index (κ2) is 5.79. The molecule has 0 bridgehead atoms. The molecule has 6 heteroatoms. The van der Waals surface area contributed by atoms with Crippen molar-refractivity contribution < 1.29 is 9.26 Å². The van der Waals surface area contributed by atoms with Gasteiger partial charge in [0.1, 0.15) is 11.6 Å². The Morgan fingerprint density at radius 3 is 2.68 bits per heavy atom. The number of nitrogens with zero attached hydrogens (tertiary/aromatic N) is 3. The van der Waals surface area contributed by atoms with E-state index < -0.39 is 0 Å². The smallest absolute Gasteiger partial charge is 0.167 e. The van der Waals surface area contributed by atoms with Crippen molar-refractivity contribution in [3.8, 4) is 11.4 Å². The van der Waals surface area contributed by atoms with E-state index >= 15 is 0 Å². The van der Waals surface area contributed by atoms with Crippen LogP contribution in [-0.4, -0.2) is 28.8 Å². The van der Waals surface area contributed by atoms with E-state index in [-0.39, 0.29) is 0 Å². The minimum atomic E-state index is 0.442. The van der Waals surface area contributed by atoms with E-state index in [0.29, 0.717) is 12.4 Å². The predicted molar refractivity (Wildman–Crippen MR) is 71.9 cm³/mol. The third-order valence-corrected chi connectivity index (χ3v) is 2.69. The fourth-order valence-corrected chi connectivity index (χ4v) is 1.91. The average Bonchev–Trinajstić information content (AvgIpc) is 2.69. The van der Waals surface area contributed by atoms with Crippen molar-refractivity contribution in [2.45, 2.75) is 27.4 Å². The third kappa shape index (κ3) is 2.90. The average molecular weight is 262 g/mol. The molecule has 2 aromatic rings. The summed E-state index contributed by atoms with van der Waals surface area (Å²) in [4.78, 5) is 8.99. The first-order valence-corrected chi connectivity index (χ1v) is 6.19. The number of ether oxygens (including phenoxy) is 1. The van der Waals surface area contributed by atoms with E-state index in [4.69, 9.17) is 9.26 Å². The molecule has 19 heavy (non-hydrogen) atoms. The zero-order valence-electron chi connectivity index (χ0n) is 11.6. The summed E-state index contributed by atoms with van der Waals surface area (Å²) >= 11 is 0. The summed E-state index contributed by atoms with van der Waals surface area (Å²) in [6.45, 7) is 7.00. The molecule has 2 rings (SSSR count). The van der Waals surface area contributed by atoms with Gasteiger partial charge in [-0.3, -0.25) is 0 Å². The van der Waals surface area contributed by atoms with Gasteiger partial charge in [0.15, 0.2) is 5.82 Å². The van der Waals surface area contributed by atoms with E-state index in [0.717, 1.165) is 35.1 Å². The van der Waals surface area contributed by atoms with Crippen molar-refractivity contribution in [1.82, 2.24) is 15.1 Å². The Morgan fingerprint density at radius 2 is 2.11 bits per heavy atom. The lowest BCUT2D eigenvalue weighted by Gasteiger charge is -2.08. The molecule has 102 valence electrons. The lowest BCUT2D eigenvalue weighted by atomic mass is 10.2. The Kier molecular flexibility index (Phi) is 4.11. The van der Waals surface area contributed by atoms with Crippen LogP contribution < -0.4 is 5.32 Å². The Morgan fingerprint density at radius 1 is 1.32 bits per heavy atom. The normalized spacial score (nSPS) is 10.7. The van der Waals surface area contributed by atoms with E-state index in [1.165, 1.54) is 0 Å². The summed E-state index contributed by atoms with van der Waals surface area (Å²) in [5, 5.41) is 7.13. The molecule has 0 aliphatic heterocycles. The quantitative estimate of drug-likeness (QED) is 0.891. The second-order valence-corrected chi connectivity index (χ2v) is 4.23. The lowest BCUT2D eigenvalue weighted by Crippen LogP contribution is -2.05. The van der Waals surface area contributed by atoms with Gasteiger partial charge in [-0.25, -0.2) is 9.97 Å². The molecule has 0 saturated heterocycles. The monoisotopic (exact) mass is 262 g/mol. The molecule has 0 aliphatic rings. The lowest BCUT2D eigenvalue weighted by molar-refractivity contribution is 0.181. The first-order chi connectivity index (χ1) is 9.15. The molecule has 0 radical (unpaired) electrons. The number of methoxy groups -OCH3 is 1. The summed E-state index contributed by atoms with van der Waals surface area (Å²) < 4.78 is 10.3. The minimum absolute atomic E-state index is 0.442. The molecular weight excluding hydrogens is 244 g/mol. The standard InChI is InChI=1S/C13H18N4O2/c1-5-14-11-6-10(7-18-4)15-13(16-11)12-8(2)17-19-9(12)3/h6H,5,7H2,1-4H3,(H,14,15,16). The van der Waals surface area contributed by atoms with Crippen LogP contribution in [0.3, 0.4) is 0 Å². The fourth-order valence-electron chi connectivity index (χ4n) is 1.91. The molecule has 2 aromatic heterocycles. The summed E-state index contributed by atoms with van der Waals surface area (Å²) in [5.74, 6) is 2.11. The van der Waals surface area contributed by atoms with E-state index in [9.17, 15) is 0 Å².